The van der Waals surface area contributed by atoms with Gasteiger partial charge in [-0.3, -0.25) is 14.5 Å². The van der Waals surface area contributed by atoms with Gasteiger partial charge in [-0.25, -0.2) is 4.98 Å². The van der Waals surface area contributed by atoms with E-state index in [2.05, 4.69) is 29.1 Å². The molecule has 3 aromatic rings. The number of carbonyl (C=O) groups excluding carboxylic acids is 1. The van der Waals surface area contributed by atoms with Crippen LogP contribution < -0.4 is 5.32 Å². The molecule has 35 heavy (non-hydrogen) atoms. The van der Waals surface area contributed by atoms with Crippen LogP contribution in [0.2, 0.25) is 0 Å². The highest BCUT2D eigenvalue weighted by Crippen LogP contribution is 2.37. The van der Waals surface area contributed by atoms with Crippen LogP contribution >= 0.6 is 0 Å². The third-order valence-electron chi connectivity index (χ3n) is 6.78. The zero-order valence-corrected chi connectivity index (χ0v) is 20.2. The summed E-state index contributed by atoms with van der Waals surface area (Å²) in [6, 6.07) is 3.67. The van der Waals surface area contributed by atoms with Crippen LogP contribution in [0.3, 0.4) is 0 Å². The number of benzene rings is 1. The molecule has 1 fully saturated rings. The van der Waals surface area contributed by atoms with Crippen LogP contribution in [0.1, 0.15) is 81.2 Å². The molecule has 0 saturated heterocycles. The molecule has 1 aromatic carbocycles. The smallest absolute Gasteiger partial charge is 0.386 e. The van der Waals surface area contributed by atoms with E-state index in [1.807, 2.05) is 10.9 Å². The number of hydrogen-bond acceptors (Lipinski definition) is 5. The zero-order valence-electron chi connectivity index (χ0n) is 20.2. The van der Waals surface area contributed by atoms with Crippen LogP contribution in [0.4, 0.5) is 18.9 Å². The van der Waals surface area contributed by atoms with Crippen molar-refractivity contribution in [2.24, 2.45) is 11.8 Å². The third kappa shape index (κ3) is 5.47. The highest BCUT2D eigenvalue weighted by molar-refractivity contribution is 6.04. The molecule has 0 bridgehead atoms. The molecule has 0 radical (unpaired) electrons. The van der Waals surface area contributed by atoms with Gasteiger partial charge in [0.25, 0.3) is 5.91 Å². The lowest BCUT2D eigenvalue weighted by molar-refractivity contribution is -0.141. The van der Waals surface area contributed by atoms with Gasteiger partial charge >= 0.3 is 6.18 Å². The maximum Gasteiger partial charge on any atom is 0.434 e. The van der Waals surface area contributed by atoms with Gasteiger partial charge in [0.2, 0.25) is 0 Å². The minimum atomic E-state index is -4.72. The van der Waals surface area contributed by atoms with Crippen molar-refractivity contribution in [2.45, 2.75) is 71.2 Å². The molecule has 4 rings (SSSR count). The maximum atomic E-state index is 13.0. The van der Waals surface area contributed by atoms with Crippen molar-refractivity contribution in [1.82, 2.24) is 19.7 Å². The Kier molecular flexibility index (Phi) is 6.61. The fraction of sp³-hybridized carbons (Fsp3) is 0.520. The third-order valence-corrected chi connectivity index (χ3v) is 6.78. The van der Waals surface area contributed by atoms with E-state index in [-0.39, 0.29) is 11.7 Å². The van der Waals surface area contributed by atoms with Crippen LogP contribution in [-0.2, 0) is 11.8 Å². The van der Waals surface area contributed by atoms with E-state index in [0.29, 0.717) is 23.2 Å². The number of alkyl halides is 3. The maximum absolute atomic E-state index is 13.0. The summed E-state index contributed by atoms with van der Waals surface area (Å²) in [5, 5.41) is 18.8. The quantitative estimate of drug-likeness (QED) is 0.479. The molecule has 1 aliphatic carbocycles. The average molecular weight is 490 g/mol. The van der Waals surface area contributed by atoms with Gasteiger partial charge in [0.1, 0.15) is 5.69 Å². The second-order valence-electron chi connectivity index (χ2n) is 10.2. The number of carbonyl (C=O) groups is 1. The highest BCUT2D eigenvalue weighted by Gasteiger charge is 2.34. The molecular formula is C25H30F3N5O2. The van der Waals surface area contributed by atoms with Gasteiger partial charge in [-0.05, 0) is 63.5 Å². The number of anilines is 1. The fourth-order valence-electron chi connectivity index (χ4n) is 4.72. The van der Waals surface area contributed by atoms with E-state index in [1.165, 1.54) is 0 Å². The number of amides is 1. The molecule has 1 amide bonds. The fourth-order valence-corrected chi connectivity index (χ4v) is 4.72. The second kappa shape index (κ2) is 9.22. The summed E-state index contributed by atoms with van der Waals surface area (Å²) in [5.41, 5.74) is -1.72. The van der Waals surface area contributed by atoms with Crippen molar-refractivity contribution in [3.63, 3.8) is 0 Å². The average Bonchev–Trinajstić information content (AvgIpc) is 3.20. The summed E-state index contributed by atoms with van der Waals surface area (Å²) >= 11 is 0. The largest absolute Gasteiger partial charge is 0.434 e. The van der Waals surface area contributed by atoms with Gasteiger partial charge in [0.05, 0.1) is 29.6 Å². The predicted molar refractivity (Wildman–Crippen MR) is 126 cm³/mol. The number of hydrogen-bond donors (Lipinski definition) is 2. The molecule has 2 aromatic heterocycles. The topological polar surface area (TPSA) is 92.9 Å². The van der Waals surface area contributed by atoms with Crippen molar-refractivity contribution < 1.29 is 23.1 Å². The van der Waals surface area contributed by atoms with Gasteiger partial charge in [0, 0.05) is 22.8 Å². The van der Waals surface area contributed by atoms with Crippen LogP contribution in [0.15, 0.2) is 30.7 Å². The van der Waals surface area contributed by atoms with Crippen LogP contribution in [0, 0.1) is 11.8 Å². The number of nitrogens with zero attached hydrogens (tertiary/aromatic N) is 4. The molecular weight excluding hydrogens is 459 g/mol. The Morgan fingerprint density at radius 1 is 1.14 bits per heavy atom. The molecule has 1 saturated carbocycles. The first kappa shape index (κ1) is 25.1. The normalized spacial score (nSPS) is 19.3. The van der Waals surface area contributed by atoms with E-state index in [9.17, 15) is 23.1 Å². The lowest BCUT2D eigenvalue weighted by Gasteiger charge is -2.30. The molecule has 2 N–H and O–H groups in total. The molecule has 0 spiro atoms. The van der Waals surface area contributed by atoms with Crippen molar-refractivity contribution in [2.75, 3.05) is 5.32 Å². The Hall–Kier alpha value is -3.01. The van der Waals surface area contributed by atoms with E-state index in [4.69, 9.17) is 5.10 Å². The predicted octanol–water partition coefficient (Wildman–Crippen LogP) is 5.71. The van der Waals surface area contributed by atoms with Crippen LogP contribution in [0.5, 0.6) is 0 Å². The summed E-state index contributed by atoms with van der Waals surface area (Å²) < 4.78 is 40.9. The molecule has 0 aliphatic heterocycles. The van der Waals surface area contributed by atoms with Gasteiger partial charge in [-0.15, -0.1) is 0 Å². The standard InChI is InChI=1S/C25H30F3N5O2/c1-14(2)15-5-7-17(8-6-15)33-13-16-9-20(18(24(3,4)35)10-19(16)32-33)31-23(34)21-11-29-12-22(30-21)25(26,27)28/h9-15,17,35H,5-8H2,1-4H3,(H,31,34)/t15-,17-. The van der Waals surface area contributed by atoms with E-state index >= 15 is 0 Å². The van der Waals surface area contributed by atoms with Crippen LogP contribution in [0.25, 0.3) is 10.9 Å². The Labute approximate surface area is 201 Å². The highest BCUT2D eigenvalue weighted by atomic mass is 19.4. The minimum Gasteiger partial charge on any atom is -0.386 e. The summed E-state index contributed by atoms with van der Waals surface area (Å²) in [6.07, 6.45) is 3.10. The van der Waals surface area contributed by atoms with Crippen molar-refractivity contribution in [3.8, 4) is 0 Å². The monoisotopic (exact) mass is 489 g/mol. The van der Waals surface area contributed by atoms with Crippen LogP contribution in [-0.4, -0.2) is 30.8 Å². The number of nitrogens with one attached hydrogen (secondary N) is 1. The summed E-state index contributed by atoms with van der Waals surface area (Å²) in [6.45, 7) is 7.65. The molecule has 0 atom stereocenters. The van der Waals surface area contributed by atoms with E-state index in [1.54, 1.807) is 26.0 Å². The second-order valence-corrected chi connectivity index (χ2v) is 10.2. The Morgan fingerprint density at radius 2 is 1.83 bits per heavy atom. The molecule has 1 aliphatic rings. The number of halogens is 3. The van der Waals surface area contributed by atoms with Gasteiger partial charge in [-0.2, -0.15) is 18.3 Å². The molecule has 188 valence electrons. The summed E-state index contributed by atoms with van der Waals surface area (Å²) in [4.78, 5) is 19.7. The zero-order chi connectivity index (χ0) is 25.5. The first-order valence-electron chi connectivity index (χ1n) is 11.8. The van der Waals surface area contributed by atoms with Gasteiger partial charge < -0.3 is 10.4 Å². The van der Waals surface area contributed by atoms with Gasteiger partial charge in [0.15, 0.2) is 5.69 Å². The number of aliphatic hydroxyl groups is 1. The Morgan fingerprint density at radius 3 is 2.43 bits per heavy atom. The van der Waals surface area contributed by atoms with Crippen molar-refractivity contribution in [3.05, 3.63) is 47.7 Å². The minimum absolute atomic E-state index is 0.275. The van der Waals surface area contributed by atoms with E-state index < -0.39 is 29.1 Å². The number of aromatic nitrogens is 4. The van der Waals surface area contributed by atoms with E-state index in [0.717, 1.165) is 43.2 Å². The lowest BCUT2D eigenvalue weighted by atomic mass is 9.80. The molecule has 2 heterocycles. The Balaban J connectivity index is 1.64. The first-order valence-corrected chi connectivity index (χ1v) is 11.8. The molecule has 7 nitrogen and oxygen atoms in total. The van der Waals surface area contributed by atoms with Crippen molar-refractivity contribution >= 4 is 22.5 Å². The summed E-state index contributed by atoms with van der Waals surface area (Å²) in [5.74, 6) is 0.529. The first-order chi connectivity index (χ1) is 16.3. The summed E-state index contributed by atoms with van der Waals surface area (Å²) in [7, 11) is 0. The van der Waals surface area contributed by atoms with Gasteiger partial charge in [-0.1, -0.05) is 13.8 Å². The lowest BCUT2D eigenvalue weighted by Crippen LogP contribution is -2.22. The Bertz CT molecular complexity index is 1220. The molecule has 10 heteroatoms. The van der Waals surface area contributed by atoms with Crippen molar-refractivity contribution in [1.29, 1.82) is 0 Å². The number of fused-ring (bicyclic) bond motifs is 1. The number of rotatable bonds is 5. The SMILES string of the molecule is CC(C)[C@H]1CC[C@H](n2cc3cc(NC(=O)c4cncc(C(F)(F)F)n4)c(C(C)(C)O)cc3n2)CC1. The molecule has 0 unspecified atom stereocenters.